The lowest BCUT2D eigenvalue weighted by atomic mass is 10.1. The smallest absolute Gasteiger partial charge is 0.246 e. The predicted octanol–water partition coefficient (Wildman–Crippen LogP) is 3.73. The molecule has 2 aromatic rings. The number of rotatable bonds is 7. The number of sulfonamides is 1. The molecule has 0 bridgehead atoms. The zero-order valence-corrected chi connectivity index (χ0v) is 17.5. The number of nitrogens with one attached hydrogen (secondary N) is 1. The van der Waals surface area contributed by atoms with Crippen LogP contribution in [0.5, 0.6) is 5.75 Å². The van der Waals surface area contributed by atoms with E-state index in [1.807, 2.05) is 24.3 Å². The summed E-state index contributed by atoms with van der Waals surface area (Å²) in [6.45, 7) is 2.12. The van der Waals surface area contributed by atoms with Crippen LogP contribution in [0.1, 0.15) is 24.8 Å². The summed E-state index contributed by atoms with van der Waals surface area (Å²) in [7, 11) is -0.806. The predicted molar refractivity (Wildman–Crippen MR) is 109 cm³/mol. The number of amides is 1. The lowest BCUT2D eigenvalue weighted by molar-refractivity contribution is -0.117. The van der Waals surface area contributed by atoms with Crippen LogP contribution in [0.3, 0.4) is 0 Å². The van der Waals surface area contributed by atoms with Crippen LogP contribution in [-0.4, -0.2) is 39.3 Å². The van der Waals surface area contributed by atoms with Gasteiger partial charge in [0, 0.05) is 30.7 Å². The van der Waals surface area contributed by atoms with E-state index in [2.05, 4.69) is 5.32 Å². The Bertz CT molecular complexity index is 991. The van der Waals surface area contributed by atoms with E-state index >= 15 is 0 Å². The van der Waals surface area contributed by atoms with Gasteiger partial charge in [0.25, 0.3) is 0 Å². The number of ether oxygens (including phenoxy) is 1. The molecule has 3 rings (SSSR count). The van der Waals surface area contributed by atoms with Gasteiger partial charge in [-0.2, -0.15) is 0 Å². The number of benzene rings is 2. The highest BCUT2D eigenvalue weighted by atomic mass is 35.5. The van der Waals surface area contributed by atoms with Gasteiger partial charge in [-0.3, -0.25) is 4.79 Å². The van der Waals surface area contributed by atoms with Crippen molar-refractivity contribution in [1.29, 1.82) is 0 Å². The van der Waals surface area contributed by atoms with Crippen LogP contribution in [0.25, 0.3) is 0 Å². The molecule has 0 heterocycles. The highest BCUT2D eigenvalue weighted by Gasteiger charge is 2.44. The largest absolute Gasteiger partial charge is 0.492 e. The van der Waals surface area contributed by atoms with Gasteiger partial charge in [0.1, 0.15) is 10.6 Å². The fraction of sp³-hybridized carbons (Fsp3) is 0.350. The molecule has 0 saturated heterocycles. The maximum atomic E-state index is 12.6. The Morgan fingerprint density at radius 1 is 1.25 bits per heavy atom. The fourth-order valence-electron chi connectivity index (χ4n) is 3.10. The number of nitrogens with zero attached hydrogens (tertiary/aromatic N) is 1. The van der Waals surface area contributed by atoms with Crippen LogP contribution in [0.15, 0.2) is 47.4 Å². The number of carbonyl (C=O) groups is 1. The molecule has 1 amide bonds. The molecule has 28 heavy (non-hydrogen) atoms. The minimum absolute atomic E-state index is 0.0237. The molecule has 1 fully saturated rings. The van der Waals surface area contributed by atoms with E-state index in [0.29, 0.717) is 17.3 Å². The standard InChI is InChI=1S/C20H23ClN2O4S/c1-4-27-18-10-9-13(11-19(18)28(25,26)23(2)3)22-20(24)16-12-15(16)14-7-5-6-8-17(14)21/h5-11,15-16H,4,12H2,1-3H3,(H,22,24). The molecule has 1 aliphatic rings. The van der Waals surface area contributed by atoms with Crippen LogP contribution in [-0.2, 0) is 14.8 Å². The van der Waals surface area contributed by atoms with E-state index in [9.17, 15) is 13.2 Å². The van der Waals surface area contributed by atoms with Gasteiger partial charge in [-0.15, -0.1) is 0 Å². The van der Waals surface area contributed by atoms with Gasteiger partial charge in [-0.1, -0.05) is 29.8 Å². The average molecular weight is 423 g/mol. The number of hydrogen-bond acceptors (Lipinski definition) is 4. The van der Waals surface area contributed by atoms with Crippen molar-refractivity contribution in [3.8, 4) is 5.75 Å². The van der Waals surface area contributed by atoms with Crippen molar-refractivity contribution >= 4 is 33.2 Å². The number of carbonyl (C=O) groups excluding carboxylic acids is 1. The maximum Gasteiger partial charge on any atom is 0.246 e. The summed E-state index contributed by atoms with van der Waals surface area (Å²) in [5, 5.41) is 3.48. The molecule has 0 aliphatic heterocycles. The van der Waals surface area contributed by atoms with Crippen molar-refractivity contribution in [2.45, 2.75) is 24.2 Å². The molecular weight excluding hydrogens is 400 g/mol. The summed E-state index contributed by atoms with van der Waals surface area (Å²) in [6.07, 6.45) is 0.718. The van der Waals surface area contributed by atoms with Gasteiger partial charge in [-0.05, 0) is 49.1 Å². The summed E-state index contributed by atoms with van der Waals surface area (Å²) < 4.78 is 31.8. The summed E-state index contributed by atoms with van der Waals surface area (Å²) in [5.41, 5.74) is 1.38. The zero-order chi connectivity index (χ0) is 20.5. The van der Waals surface area contributed by atoms with Gasteiger partial charge >= 0.3 is 0 Å². The molecular formula is C20H23ClN2O4S. The first-order chi connectivity index (χ1) is 13.3. The van der Waals surface area contributed by atoms with E-state index < -0.39 is 10.0 Å². The second kappa shape index (κ2) is 8.11. The minimum atomic E-state index is -3.71. The topological polar surface area (TPSA) is 75.7 Å². The van der Waals surface area contributed by atoms with Gasteiger partial charge < -0.3 is 10.1 Å². The Hall–Kier alpha value is -2.09. The van der Waals surface area contributed by atoms with Crippen LogP contribution >= 0.6 is 11.6 Å². The highest BCUT2D eigenvalue weighted by Crippen LogP contribution is 2.50. The van der Waals surface area contributed by atoms with Gasteiger partial charge in [0.05, 0.1) is 6.61 Å². The van der Waals surface area contributed by atoms with Crippen molar-refractivity contribution in [2.24, 2.45) is 5.92 Å². The normalized spacial score (nSPS) is 18.8. The van der Waals surface area contributed by atoms with Crippen LogP contribution in [0, 0.1) is 5.92 Å². The first kappa shape index (κ1) is 20.6. The zero-order valence-electron chi connectivity index (χ0n) is 16.0. The molecule has 1 saturated carbocycles. The van der Waals surface area contributed by atoms with Crippen LogP contribution < -0.4 is 10.1 Å². The van der Waals surface area contributed by atoms with Crippen molar-refractivity contribution in [2.75, 3.05) is 26.0 Å². The van der Waals surface area contributed by atoms with Crippen molar-refractivity contribution in [3.63, 3.8) is 0 Å². The molecule has 1 N–H and O–H groups in total. The Morgan fingerprint density at radius 3 is 2.61 bits per heavy atom. The van der Waals surface area contributed by atoms with Crippen molar-refractivity contribution in [3.05, 3.63) is 53.1 Å². The summed E-state index contributed by atoms with van der Waals surface area (Å²) in [5.74, 6) is 0.0126. The molecule has 150 valence electrons. The third-order valence-corrected chi connectivity index (χ3v) is 6.88. The lowest BCUT2D eigenvalue weighted by Gasteiger charge is -2.16. The second-order valence-electron chi connectivity index (χ2n) is 6.84. The number of halogens is 1. The molecule has 6 nitrogen and oxygen atoms in total. The summed E-state index contributed by atoms with van der Waals surface area (Å²) >= 11 is 6.22. The SMILES string of the molecule is CCOc1ccc(NC(=O)C2CC2c2ccccc2Cl)cc1S(=O)(=O)N(C)C. The quantitative estimate of drug-likeness (QED) is 0.737. The molecule has 8 heteroatoms. The minimum Gasteiger partial charge on any atom is -0.492 e. The first-order valence-electron chi connectivity index (χ1n) is 9.00. The van der Waals surface area contributed by atoms with Gasteiger partial charge in [0.2, 0.25) is 15.9 Å². The molecule has 0 spiro atoms. The van der Waals surface area contributed by atoms with Crippen molar-refractivity contribution < 1.29 is 17.9 Å². The number of anilines is 1. The van der Waals surface area contributed by atoms with E-state index in [1.54, 1.807) is 19.1 Å². The average Bonchev–Trinajstić information content (AvgIpc) is 3.44. The van der Waals surface area contributed by atoms with Crippen molar-refractivity contribution in [1.82, 2.24) is 4.31 Å². The Labute approximate surface area is 170 Å². The van der Waals surface area contributed by atoms with Gasteiger partial charge in [0.15, 0.2) is 0 Å². The Balaban J connectivity index is 1.80. The Morgan fingerprint density at radius 2 is 1.96 bits per heavy atom. The molecule has 0 aromatic heterocycles. The monoisotopic (exact) mass is 422 g/mol. The lowest BCUT2D eigenvalue weighted by Crippen LogP contribution is -2.23. The maximum absolute atomic E-state index is 12.6. The van der Waals surface area contributed by atoms with E-state index in [0.717, 1.165) is 16.3 Å². The molecule has 1 aliphatic carbocycles. The molecule has 2 unspecified atom stereocenters. The van der Waals surface area contributed by atoms with E-state index in [-0.39, 0.29) is 28.4 Å². The third-order valence-electron chi connectivity index (χ3n) is 4.70. The van der Waals surface area contributed by atoms with E-state index in [4.69, 9.17) is 16.3 Å². The second-order valence-corrected chi connectivity index (χ2v) is 9.37. The van der Waals surface area contributed by atoms with Crippen LogP contribution in [0.4, 0.5) is 5.69 Å². The third kappa shape index (κ3) is 4.16. The summed E-state index contributed by atoms with van der Waals surface area (Å²) in [6, 6.07) is 12.1. The highest BCUT2D eigenvalue weighted by molar-refractivity contribution is 7.89. The molecule has 2 atom stereocenters. The first-order valence-corrected chi connectivity index (χ1v) is 10.8. The van der Waals surface area contributed by atoms with Gasteiger partial charge in [-0.25, -0.2) is 12.7 Å². The Kier molecular flexibility index (Phi) is 5.98. The van der Waals surface area contributed by atoms with Crippen LogP contribution in [0.2, 0.25) is 5.02 Å². The van der Waals surface area contributed by atoms with E-state index in [1.165, 1.54) is 20.2 Å². The molecule has 0 radical (unpaired) electrons. The summed E-state index contributed by atoms with van der Waals surface area (Å²) in [4.78, 5) is 12.7. The molecule has 2 aromatic carbocycles. The fourth-order valence-corrected chi connectivity index (χ4v) is 4.42. The number of hydrogen-bond donors (Lipinski definition) is 1.